The Hall–Kier alpha value is -0.830. The third-order valence-corrected chi connectivity index (χ3v) is 3.85. The standard InChI is InChI=1S/C18H34N4O2.HI/c1-6-8-11-23-12-9-10-20-18(19-7-2)21-13-14(3)17-15(4)22-24-16(17)5;/h14H,6-13H2,1-5H3,(H2,19,20,21);1H. The van der Waals surface area contributed by atoms with Gasteiger partial charge in [-0.3, -0.25) is 4.99 Å². The van der Waals surface area contributed by atoms with Crippen LogP contribution in [0.5, 0.6) is 0 Å². The van der Waals surface area contributed by atoms with Crippen LogP contribution in [0.15, 0.2) is 9.52 Å². The SMILES string of the molecule is CCCCOCCCNC(=NCC(C)c1c(C)noc1C)NCC.I. The third kappa shape index (κ3) is 9.44. The molecule has 7 heteroatoms. The number of hydrogen-bond donors (Lipinski definition) is 2. The molecule has 0 spiro atoms. The minimum absolute atomic E-state index is 0. The maximum atomic E-state index is 5.57. The molecule has 1 atom stereocenters. The van der Waals surface area contributed by atoms with Crippen LogP contribution in [0.25, 0.3) is 0 Å². The number of ether oxygens (including phenoxy) is 1. The summed E-state index contributed by atoms with van der Waals surface area (Å²) >= 11 is 0. The molecule has 146 valence electrons. The lowest BCUT2D eigenvalue weighted by molar-refractivity contribution is 0.129. The van der Waals surface area contributed by atoms with Crippen molar-refractivity contribution in [1.29, 1.82) is 0 Å². The van der Waals surface area contributed by atoms with Crippen molar-refractivity contribution in [2.24, 2.45) is 4.99 Å². The quantitative estimate of drug-likeness (QED) is 0.225. The van der Waals surface area contributed by atoms with E-state index in [9.17, 15) is 0 Å². The monoisotopic (exact) mass is 466 g/mol. The van der Waals surface area contributed by atoms with Crippen LogP contribution in [0.4, 0.5) is 0 Å². The molecule has 0 saturated carbocycles. The maximum Gasteiger partial charge on any atom is 0.191 e. The van der Waals surface area contributed by atoms with Crippen molar-refractivity contribution in [2.75, 3.05) is 32.8 Å². The molecule has 0 saturated heterocycles. The van der Waals surface area contributed by atoms with Crippen molar-refractivity contribution in [3.05, 3.63) is 17.0 Å². The molecular weight excluding hydrogens is 431 g/mol. The predicted molar refractivity (Wildman–Crippen MR) is 114 cm³/mol. The van der Waals surface area contributed by atoms with Crippen molar-refractivity contribution < 1.29 is 9.26 Å². The zero-order chi connectivity index (χ0) is 17.8. The molecule has 1 aromatic heterocycles. The fourth-order valence-electron chi connectivity index (χ4n) is 2.58. The van der Waals surface area contributed by atoms with E-state index in [2.05, 4.69) is 41.6 Å². The van der Waals surface area contributed by atoms with Gasteiger partial charge in [-0.2, -0.15) is 0 Å². The molecule has 6 nitrogen and oxygen atoms in total. The molecule has 1 aromatic rings. The second kappa shape index (κ2) is 14.4. The van der Waals surface area contributed by atoms with Crippen LogP contribution in [-0.2, 0) is 4.74 Å². The van der Waals surface area contributed by atoms with Crippen molar-refractivity contribution >= 4 is 29.9 Å². The molecule has 0 aliphatic heterocycles. The van der Waals surface area contributed by atoms with Gasteiger partial charge < -0.3 is 19.9 Å². The van der Waals surface area contributed by atoms with E-state index in [1.54, 1.807) is 0 Å². The molecule has 0 radical (unpaired) electrons. The largest absolute Gasteiger partial charge is 0.381 e. The topological polar surface area (TPSA) is 71.7 Å². The van der Waals surface area contributed by atoms with Crippen molar-refractivity contribution in [3.8, 4) is 0 Å². The summed E-state index contributed by atoms with van der Waals surface area (Å²) in [5, 5.41) is 10.7. The highest BCUT2D eigenvalue weighted by Gasteiger charge is 2.16. The Morgan fingerprint density at radius 3 is 2.52 bits per heavy atom. The number of aliphatic imine (C=N–C) groups is 1. The molecule has 1 rings (SSSR count). The second-order valence-electron chi connectivity index (χ2n) is 6.10. The summed E-state index contributed by atoms with van der Waals surface area (Å²) in [7, 11) is 0. The van der Waals surface area contributed by atoms with Crippen LogP contribution in [0.1, 0.15) is 63.0 Å². The first-order valence-electron chi connectivity index (χ1n) is 9.12. The van der Waals surface area contributed by atoms with E-state index in [0.717, 1.165) is 56.6 Å². The van der Waals surface area contributed by atoms with Crippen molar-refractivity contribution in [3.63, 3.8) is 0 Å². The zero-order valence-electron chi connectivity index (χ0n) is 16.4. The van der Waals surface area contributed by atoms with Gasteiger partial charge in [0.1, 0.15) is 5.76 Å². The third-order valence-electron chi connectivity index (χ3n) is 3.85. The number of rotatable bonds is 11. The normalized spacial score (nSPS) is 12.6. The van der Waals surface area contributed by atoms with Gasteiger partial charge in [0.05, 0.1) is 5.69 Å². The van der Waals surface area contributed by atoms with Crippen molar-refractivity contribution in [1.82, 2.24) is 15.8 Å². The molecule has 0 aliphatic carbocycles. The highest BCUT2D eigenvalue weighted by atomic mass is 127. The number of nitrogens with zero attached hydrogens (tertiary/aromatic N) is 2. The minimum Gasteiger partial charge on any atom is -0.381 e. The van der Waals surface area contributed by atoms with Gasteiger partial charge in [-0.25, -0.2) is 0 Å². The molecule has 25 heavy (non-hydrogen) atoms. The summed E-state index contributed by atoms with van der Waals surface area (Å²) in [6, 6.07) is 0. The lowest BCUT2D eigenvalue weighted by atomic mass is 10.00. The molecule has 0 fully saturated rings. The summed E-state index contributed by atoms with van der Waals surface area (Å²) in [6.45, 7) is 14.4. The Kier molecular flexibility index (Phi) is 13.9. The van der Waals surface area contributed by atoms with E-state index in [-0.39, 0.29) is 29.9 Å². The van der Waals surface area contributed by atoms with Gasteiger partial charge in [0.2, 0.25) is 0 Å². The average molecular weight is 466 g/mol. The first-order chi connectivity index (χ1) is 11.6. The highest BCUT2D eigenvalue weighted by Crippen LogP contribution is 2.23. The number of unbranched alkanes of at least 4 members (excludes halogenated alkanes) is 1. The molecule has 0 aromatic carbocycles. The van der Waals surface area contributed by atoms with Gasteiger partial charge in [0, 0.05) is 44.3 Å². The average Bonchev–Trinajstić information content (AvgIpc) is 2.90. The van der Waals surface area contributed by atoms with E-state index in [4.69, 9.17) is 9.26 Å². The van der Waals surface area contributed by atoms with Crippen LogP contribution in [0.3, 0.4) is 0 Å². The van der Waals surface area contributed by atoms with Crippen molar-refractivity contribution in [2.45, 2.75) is 59.8 Å². The highest BCUT2D eigenvalue weighted by molar-refractivity contribution is 14.0. The van der Waals surface area contributed by atoms with E-state index in [1.165, 1.54) is 12.0 Å². The van der Waals surface area contributed by atoms with E-state index in [0.29, 0.717) is 6.54 Å². The molecule has 1 unspecified atom stereocenters. The predicted octanol–water partition coefficient (Wildman–Crippen LogP) is 3.77. The van der Waals surface area contributed by atoms with Gasteiger partial charge >= 0.3 is 0 Å². The van der Waals surface area contributed by atoms with Gasteiger partial charge in [0.25, 0.3) is 0 Å². The lowest BCUT2D eigenvalue weighted by Crippen LogP contribution is -2.38. The first kappa shape index (κ1) is 24.2. The smallest absolute Gasteiger partial charge is 0.191 e. The number of aryl methyl sites for hydroxylation is 2. The summed E-state index contributed by atoms with van der Waals surface area (Å²) in [4.78, 5) is 4.68. The maximum absolute atomic E-state index is 5.57. The molecule has 0 aliphatic rings. The van der Waals surface area contributed by atoms with E-state index in [1.807, 2.05) is 13.8 Å². The Bertz CT molecular complexity index is 472. The van der Waals surface area contributed by atoms with E-state index < -0.39 is 0 Å². The van der Waals surface area contributed by atoms with Gasteiger partial charge in [-0.05, 0) is 33.6 Å². The summed E-state index contributed by atoms with van der Waals surface area (Å²) in [6.07, 6.45) is 3.30. The Morgan fingerprint density at radius 2 is 1.92 bits per heavy atom. The summed E-state index contributed by atoms with van der Waals surface area (Å²) in [5.74, 6) is 2.02. The number of guanidine groups is 1. The Morgan fingerprint density at radius 1 is 1.20 bits per heavy atom. The molecular formula is C18H35IN4O2. The van der Waals surface area contributed by atoms with Gasteiger partial charge in [0.15, 0.2) is 5.96 Å². The Balaban J connectivity index is 0.00000576. The number of hydrogen-bond acceptors (Lipinski definition) is 4. The summed E-state index contributed by atoms with van der Waals surface area (Å²) < 4.78 is 10.8. The van der Waals surface area contributed by atoms with Gasteiger partial charge in [-0.1, -0.05) is 25.4 Å². The number of aromatic nitrogens is 1. The molecule has 2 N–H and O–H groups in total. The second-order valence-corrected chi connectivity index (χ2v) is 6.10. The molecule has 0 bridgehead atoms. The minimum atomic E-state index is 0. The molecule has 1 heterocycles. The van der Waals surface area contributed by atoms with Crippen LogP contribution in [0.2, 0.25) is 0 Å². The fourth-order valence-corrected chi connectivity index (χ4v) is 2.58. The summed E-state index contributed by atoms with van der Waals surface area (Å²) in [5.41, 5.74) is 2.12. The zero-order valence-corrected chi connectivity index (χ0v) is 18.7. The van der Waals surface area contributed by atoms with Crippen LogP contribution in [-0.4, -0.2) is 44.0 Å². The fraction of sp³-hybridized carbons (Fsp3) is 0.778. The van der Waals surface area contributed by atoms with Crippen LogP contribution in [0, 0.1) is 13.8 Å². The van der Waals surface area contributed by atoms with Crippen LogP contribution >= 0.6 is 24.0 Å². The lowest BCUT2D eigenvalue weighted by Gasteiger charge is -2.13. The van der Waals surface area contributed by atoms with E-state index >= 15 is 0 Å². The Labute approximate surface area is 169 Å². The van der Waals surface area contributed by atoms with Gasteiger partial charge in [-0.15, -0.1) is 24.0 Å². The first-order valence-corrected chi connectivity index (χ1v) is 9.12. The number of nitrogens with one attached hydrogen (secondary N) is 2. The van der Waals surface area contributed by atoms with Crippen LogP contribution < -0.4 is 10.6 Å². The number of halogens is 1. The molecule has 0 amide bonds.